The van der Waals surface area contributed by atoms with Crippen LogP contribution in [0.4, 0.5) is 0 Å². The monoisotopic (exact) mass is 883 g/mol. The Morgan fingerprint density at radius 2 is 0.934 bits per heavy atom. The molecule has 6 unspecified atom stereocenters. The molecule has 1 rings (SSSR count). The summed E-state index contributed by atoms with van der Waals surface area (Å²) in [5.41, 5.74) is 0. The smallest absolute Gasteiger partial charge is 0.462 e. The van der Waals surface area contributed by atoms with Crippen LogP contribution < -0.4 is 0 Å². The normalized spacial score (nSPS) is 22.7. The highest BCUT2D eigenvalue weighted by atomic mass is 31.2. The number of aliphatic hydroxyl groups is 5. The zero-order valence-electron chi connectivity index (χ0n) is 36.9. The number of hydrogen-bond acceptors (Lipinski definition) is 12. The van der Waals surface area contributed by atoms with Gasteiger partial charge in [0.2, 0.25) is 0 Å². The van der Waals surface area contributed by atoms with Gasteiger partial charge >= 0.3 is 19.8 Å². The summed E-state index contributed by atoms with van der Waals surface area (Å²) in [5, 5.41) is 50.1. The fraction of sp³-hybridized carbons (Fsp3) is 0.702. The molecule has 350 valence electrons. The van der Waals surface area contributed by atoms with E-state index >= 15 is 0 Å². The molecule has 1 aliphatic rings. The molecule has 0 spiro atoms. The van der Waals surface area contributed by atoms with E-state index in [9.17, 15) is 44.6 Å². The van der Waals surface area contributed by atoms with Gasteiger partial charge in [0.15, 0.2) is 6.10 Å². The first-order valence-corrected chi connectivity index (χ1v) is 24.2. The summed E-state index contributed by atoms with van der Waals surface area (Å²) in [6.07, 6.45) is 32.4. The predicted octanol–water partition coefficient (Wildman–Crippen LogP) is 8.72. The zero-order valence-corrected chi connectivity index (χ0v) is 37.8. The van der Waals surface area contributed by atoms with Gasteiger partial charge in [0.05, 0.1) is 6.61 Å². The highest BCUT2D eigenvalue weighted by Gasteiger charge is 2.51. The summed E-state index contributed by atoms with van der Waals surface area (Å²) in [5.74, 6) is -1.16. The van der Waals surface area contributed by atoms with E-state index in [1.54, 1.807) is 0 Å². The Morgan fingerprint density at radius 3 is 1.46 bits per heavy atom. The van der Waals surface area contributed by atoms with Gasteiger partial charge in [-0.3, -0.25) is 18.6 Å². The lowest BCUT2D eigenvalue weighted by atomic mass is 9.85. The molecule has 1 saturated carbocycles. The van der Waals surface area contributed by atoms with E-state index in [0.29, 0.717) is 19.3 Å². The number of ether oxygens (including phenoxy) is 2. The summed E-state index contributed by atoms with van der Waals surface area (Å²) < 4.78 is 33.5. The van der Waals surface area contributed by atoms with E-state index in [1.165, 1.54) is 19.3 Å². The molecule has 1 aliphatic carbocycles. The van der Waals surface area contributed by atoms with E-state index in [1.807, 2.05) is 6.08 Å². The molecule has 0 bridgehead atoms. The molecule has 6 N–H and O–H groups in total. The van der Waals surface area contributed by atoms with Crippen LogP contribution in [0.3, 0.4) is 0 Å². The average molecular weight is 883 g/mol. The Kier molecular flexibility index (Phi) is 33.9. The number of phosphoric ester groups is 1. The number of phosphoric acid groups is 1. The SMILES string of the molecule is CC/C=C/C/C=C/C/C=C/C/C=C/CCCCC(=O)O[C@@H](COC(=O)CCCCCCCCC/C=C/C/C=C/CCCCC)COP(=O)(O)OC1C(O)C(O)C(O)[C@H](O)C1O. The third kappa shape index (κ3) is 29.3. The Bertz CT molecular complexity index is 1340. The highest BCUT2D eigenvalue weighted by molar-refractivity contribution is 7.47. The van der Waals surface area contributed by atoms with Gasteiger partial charge in [-0.25, -0.2) is 4.57 Å². The molecule has 0 amide bonds. The topological polar surface area (TPSA) is 210 Å². The molecule has 0 aromatic rings. The fourth-order valence-electron chi connectivity index (χ4n) is 6.37. The minimum absolute atomic E-state index is 0.0391. The third-order valence-corrected chi connectivity index (χ3v) is 11.0. The van der Waals surface area contributed by atoms with E-state index in [4.69, 9.17) is 18.5 Å². The van der Waals surface area contributed by atoms with Crippen LogP contribution in [0.2, 0.25) is 0 Å². The molecule has 0 radical (unpaired) electrons. The predicted molar refractivity (Wildman–Crippen MR) is 239 cm³/mol. The van der Waals surface area contributed by atoms with Gasteiger partial charge in [-0.15, -0.1) is 0 Å². The van der Waals surface area contributed by atoms with Crippen LogP contribution in [0.15, 0.2) is 72.9 Å². The molecule has 0 heterocycles. The molecule has 0 aromatic carbocycles. The van der Waals surface area contributed by atoms with E-state index in [0.717, 1.165) is 89.9 Å². The van der Waals surface area contributed by atoms with Gasteiger partial charge in [0.25, 0.3) is 0 Å². The number of unbranched alkanes of at least 4 members (excludes halogenated alkanes) is 12. The molecule has 13 nitrogen and oxygen atoms in total. The number of carbonyl (C=O) groups excluding carboxylic acids is 2. The van der Waals surface area contributed by atoms with Crippen molar-refractivity contribution >= 4 is 19.8 Å². The lowest BCUT2D eigenvalue weighted by molar-refractivity contribution is -0.220. The molecule has 0 saturated heterocycles. The molecule has 61 heavy (non-hydrogen) atoms. The fourth-order valence-corrected chi connectivity index (χ4v) is 7.34. The van der Waals surface area contributed by atoms with Crippen LogP contribution in [0.25, 0.3) is 0 Å². The van der Waals surface area contributed by atoms with Crippen molar-refractivity contribution in [1.29, 1.82) is 0 Å². The summed E-state index contributed by atoms with van der Waals surface area (Å²) in [7, 11) is -5.13. The maximum Gasteiger partial charge on any atom is 0.472 e. The largest absolute Gasteiger partial charge is 0.472 e. The minimum Gasteiger partial charge on any atom is -0.462 e. The molecule has 8 atom stereocenters. The van der Waals surface area contributed by atoms with Crippen LogP contribution in [-0.4, -0.2) is 98.3 Å². The van der Waals surface area contributed by atoms with Crippen molar-refractivity contribution in [3.63, 3.8) is 0 Å². The van der Waals surface area contributed by atoms with Crippen molar-refractivity contribution in [2.45, 2.75) is 198 Å². The first-order valence-electron chi connectivity index (χ1n) is 22.7. The number of allylic oxidation sites excluding steroid dienone is 12. The standard InChI is InChI=1S/C47H79O13P/c1-3-5-7-9-11-13-15-17-19-20-22-23-25-27-29-31-33-35-40(48)57-37-39(38-58-61(55,56)60-47-45(53)43(51)42(50)44(52)46(47)54)59-41(49)36-34-32-30-28-26-24-21-18-16-14-12-10-8-6-4-2/h6,8,11-14,17-19,21,26,28,39,42-47,50-54H,3-5,7,9-10,15-16,20,22-25,27,29-38H2,1-2H3,(H,55,56)/b8-6+,13-11+,14-12+,19-17+,21-18+,28-26+/t39-,42?,43-,44?,45?,46?,47?/m0/s1. The summed E-state index contributed by atoms with van der Waals surface area (Å²) >= 11 is 0. The van der Waals surface area contributed by atoms with Crippen molar-refractivity contribution in [2.75, 3.05) is 13.2 Å². The van der Waals surface area contributed by atoms with Crippen LogP contribution in [-0.2, 0) is 32.7 Å². The van der Waals surface area contributed by atoms with E-state index < -0.39 is 75.7 Å². The van der Waals surface area contributed by atoms with Crippen LogP contribution >= 0.6 is 7.82 Å². The van der Waals surface area contributed by atoms with Gasteiger partial charge in [-0.2, -0.15) is 0 Å². The second-order valence-corrected chi connectivity index (χ2v) is 16.9. The van der Waals surface area contributed by atoms with Crippen LogP contribution in [0, 0.1) is 0 Å². The van der Waals surface area contributed by atoms with Crippen molar-refractivity contribution in [3.05, 3.63) is 72.9 Å². The van der Waals surface area contributed by atoms with Gasteiger partial charge < -0.3 is 39.9 Å². The third-order valence-electron chi connectivity index (χ3n) is 10.0. The molecule has 1 fully saturated rings. The second kappa shape index (κ2) is 36.7. The summed E-state index contributed by atoms with van der Waals surface area (Å²) in [4.78, 5) is 35.7. The van der Waals surface area contributed by atoms with Crippen molar-refractivity contribution < 1.29 is 63.1 Å². The van der Waals surface area contributed by atoms with E-state index in [2.05, 4.69) is 80.7 Å². The molecular weight excluding hydrogens is 803 g/mol. The summed E-state index contributed by atoms with van der Waals surface area (Å²) in [6, 6.07) is 0. The van der Waals surface area contributed by atoms with E-state index in [-0.39, 0.29) is 12.8 Å². The molecule has 0 aromatic heterocycles. The van der Waals surface area contributed by atoms with Crippen molar-refractivity contribution in [3.8, 4) is 0 Å². The first kappa shape index (κ1) is 56.3. The lowest BCUT2D eigenvalue weighted by Gasteiger charge is -2.41. The van der Waals surface area contributed by atoms with Crippen LogP contribution in [0.5, 0.6) is 0 Å². The Hall–Kier alpha value is -2.71. The molecular formula is C47H79O13P. The van der Waals surface area contributed by atoms with Gasteiger partial charge in [0, 0.05) is 12.8 Å². The second-order valence-electron chi connectivity index (χ2n) is 15.5. The highest BCUT2D eigenvalue weighted by Crippen LogP contribution is 2.47. The number of esters is 2. The van der Waals surface area contributed by atoms with Gasteiger partial charge in [-0.05, 0) is 83.5 Å². The number of aliphatic hydroxyl groups excluding tert-OH is 5. The Morgan fingerprint density at radius 1 is 0.525 bits per heavy atom. The quantitative estimate of drug-likeness (QED) is 0.0151. The Labute approximate surface area is 365 Å². The number of rotatable bonds is 36. The Balaban J connectivity index is 2.50. The number of carbonyl (C=O) groups is 2. The van der Waals surface area contributed by atoms with Crippen molar-refractivity contribution in [1.82, 2.24) is 0 Å². The number of hydrogen-bond donors (Lipinski definition) is 6. The molecule has 14 heteroatoms. The van der Waals surface area contributed by atoms with Gasteiger partial charge in [-0.1, -0.05) is 132 Å². The molecule has 0 aliphatic heterocycles. The summed E-state index contributed by atoms with van der Waals surface area (Å²) in [6.45, 7) is 3.10. The minimum atomic E-state index is -5.13. The van der Waals surface area contributed by atoms with Crippen molar-refractivity contribution in [2.24, 2.45) is 0 Å². The maximum absolute atomic E-state index is 12.8. The van der Waals surface area contributed by atoms with Gasteiger partial charge in [0.1, 0.15) is 43.2 Å². The maximum atomic E-state index is 12.8. The average Bonchev–Trinajstić information content (AvgIpc) is 3.24. The first-order chi connectivity index (χ1) is 29.4. The van der Waals surface area contributed by atoms with Crippen LogP contribution in [0.1, 0.15) is 155 Å². The lowest BCUT2D eigenvalue weighted by Crippen LogP contribution is -2.64. The zero-order chi connectivity index (χ0) is 45.0.